The highest BCUT2D eigenvalue weighted by atomic mass is 32.2. The van der Waals surface area contributed by atoms with Gasteiger partial charge >= 0.3 is 0 Å². The van der Waals surface area contributed by atoms with Crippen molar-refractivity contribution in [1.29, 1.82) is 0 Å². The Labute approximate surface area is 574 Å². The molecule has 5 atom stereocenters. The summed E-state index contributed by atoms with van der Waals surface area (Å²) < 4.78 is 43.3. The molecular weight excluding hydrogens is 1290 g/mol. The Morgan fingerprint density at radius 2 is 0.908 bits per heavy atom. The van der Waals surface area contributed by atoms with Gasteiger partial charge < -0.3 is 60.6 Å². The number of hydrogen-bond acceptors (Lipinski definition) is 23. The first-order valence-corrected chi connectivity index (χ1v) is 32.8. The van der Waals surface area contributed by atoms with Crippen LogP contribution in [0, 0.1) is 46.3 Å². The Balaban J connectivity index is 0.000000314. The fourth-order valence-electron chi connectivity index (χ4n) is 10.8. The van der Waals surface area contributed by atoms with Crippen LogP contribution in [0.3, 0.4) is 0 Å². The first-order valence-electron chi connectivity index (χ1n) is 31.0. The van der Waals surface area contributed by atoms with E-state index in [-0.39, 0.29) is 75.7 Å². The molecule has 538 valence electrons. The molecule has 0 bridgehead atoms. The van der Waals surface area contributed by atoms with Crippen molar-refractivity contribution in [2.45, 2.75) is 118 Å². The zero-order chi connectivity index (χ0) is 67.4. The molecule has 98 heavy (non-hydrogen) atoms. The molecule has 0 radical (unpaired) electrons. The van der Waals surface area contributed by atoms with Crippen LogP contribution in [-0.4, -0.2) is 173 Å². The minimum atomic E-state index is -3.45. The summed E-state index contributed by atoms with van der Waals surface area (Å²) in [6, 6.07) is 33.0. The van der Waals surface area contributed by atoms with E-state index in [1.165, 1.54) is 36.4 Å². The van der Waals surface area contributed by atoms with Crippen LogP contribution in [0.5, 0.6) is 0 Å². The highest BCUT2D eigenvalue weighted by molar-refractivity contribution is 7.86. The number of rotatable bonds is 20. The first-order chi connectivity index (χ1) is 45.1. The van der Waals surface area contributed by atoms with Crippen molar-refractivity contribution in [2.75, 3.05) is 110 Å². The number of nitro groups is 4. The summed E-state index contributed by atoms with van der Waals surface area (Å²) in [5.74, 6) is -0.467. The van der Waals surface area contributed by atoms with Crippen LogP contribution in [0.15, 0.2) is 159 Å². The Bertz CT molecular complexity index is 3510. The average Bonchev–Trinajstić information content (AvgIpc) is 1.69. The molecule has 7 aromatic rings. The Kier molecular flexibility index (Phi) is 35.9. The lowest BCUT2D eigenvalue weighted by Gasteiger charge is -2.19. The van der Waals surface area contributed by atoms with Gasteiger partial charge in [0, 0.05) is 186 Å². The van der Waals surface area contributed by atoms with Gasteiger partial charge in [-0.3, -0.25) is 44.6 Å². The van der Waals surface area contributed by atoms with Crippen LogP contribution in [0.1, 0.15) is 74.7 Å². The van der Waals surface area contributed by atoms with Gasteiger partial charge in [0.2, 0.25) is 0 Å². The van der Waals surface area contributed by atoms with E-state index in [0.29, 0.717) is 38.1 Å². The molecule has 0 aliphatic carbocycles. The molecule has 5 saturated heterocycles. The third kappa shape index (κ3) is 28.8. The van der Waals surface area contributed by atoms with Crippen LogP contribution in [0.2, 0.25) is 0 Å². The largest absolute Gasteiger partial charge is 0.399 e. The van der Waals surface area contributed by atoms with Crippen LogP contribution in [0.4, 0.5) is 55.6 Å². The van der Waals surface area contributed by atoms with Crippen LogP contribution < -0.4 is 41.3 Å². The molecular formula is C67H99FN16O13S. The lowest BCUT2D eigenvalue weighted by atomic mass is 10.2. The molecule has 5 fully saturated rings. The highest BCUT2D eigenvalue weighted by Gasteiger charge is 2.28. The van der Waals surface area contributed by atoms with Crippen molar-refractivity contribution in [2.24, 2.45) is 0 Å². The molecule has 0 spiro atoms. The molecule has 0 saturated carbocycles. The molecule has 5 aliphatic rings. The number of imidazole rings is 2. The number of nitrogen functional groups attached to an aromatic ring is 1. The van der Waals surface area contributed by atoms with Crippen molar-refractivity contribution in [3.05, 3.63) is 205 Å². The van der Waals surface area contributed by atoms with Crippen LogP contribution in [0.25, 0.3) is 0 Å². The van der Waals surface area contributed by atoms with Gasteiger partial charge in [-0.1, -0.05) is 29.7 Å². The molecule has 2 aromatic heterocycles. The minimum absolute atomic E-state index is 0. The Hall–Kier alpha value is -9.24. The number of aliphatic hydroxyl groups excluding tert-OH is 2. The number of nitro benzene ring substituents is 4. The van der Waals surface area contributed by atoms with Crippen molar-refractivity contribution >= 4 is 61.3 Å². The standard InChI is InChI=1S/C16H21N5O2.C16H23N5.C11H14N2O5S.C10H12N2O3.C6H4FNO2.C4H9NO.4CH4/c22-21(23)16-4-2-15(3-5-16)20-10-6-14(12-20)18-7-1-9-19-11-8-17-13-19;17-14-2-4-16(5-3-14)21-10-6-15(12-21)19-7-1-9-20-11-8-18-13-20;1-19(16,17)18-11-6-7-12(8-11)9-2-4-10(5-3-9)13(14)15;13-10-5-6-11(7-10)8-1-3-9(4-2-8)12(14)15;7-5-1-3-6(4-2-5)8(9)10;6-4-1-2-5-3-4;;;;/h2-5,8,11,13-14,18H,1,6-7,9-10,12H2;2-5,8,11,13,15,19H,1,6-7,9-10,12,17H2;2-5,11H,6-8H2,1H3;1-4,10,13H,5-7H2;1-4H;4-6H,1-3H2;4*1H4. The van der Waals surface area contributed by atoms with E-state index in [1.54, 1.807) is 42.6 Å². The van der Waals surface area contributed by atoms with Crippen LogP contribution in [-0.2, 0) is 27.4 Å². The van der Waals surface area contributed by atoms with Crippen molar-refractivity contribution in [3.8, 4) is 0 Å². The molecule has 7 heterocycles. The van der Waals surface area contributed by atoms with Crippen LogP contribution >= 0.6 is 0 Å². The first kappa shape index (κ1) is 83.0. The van der Waals surface area contributed by atoms with Gasteiger partial charge in [-0.15, -0.1) is 0 Å². The van der Waals surface area contributed by atoms with Gasteiger partial charge in [-0.25, -0.2) is 14.4 Å². The average molecular weight is 1390 g/mol. The van der Waals surface area contributed by atoms with E-state index in [4.69, 9.17) is 15.0 Å². The topological polar surface area (TPSA) is 367 Å². The number of halogens is 1. The van der Waals surface area contributed by atoms with Gasteiger partial charge in [-0.05, 0) is 137 Å². The van der Waals surface area contributed by atoms with Crippen molar-refractivity contribution < 1.29 is 46.9 Å². The van der Waals surface area contributed by atoms with Gasteiger partial charge in [0.25, 0.3) is 32.9 Å². The van der Waals surface area contributed by atoms with E-state index >= 15 is 0 Å². The molecule has 5 aliphatic heterocycles. The quantitative estimate of drug-likeness (QED) is 0.0136. The van der Waals surface area contributed by atoms with Crippen molar-refractivity contribution in [3.63, 3.8) is 0 Å². The number of hydrogen-bond donors (Lipinski definition) is 6. The van der Waals surface area contributed by atoms with E-state index in [2.05, 4.69) is 57.0 Å². The lowest BCUT2D eigenvalue weighted by molar-refractivity contribution is -0.385. The van der Waals surface area contributed by atoms with E-state index < -0.39 is 30.7 Å². The Morgan fingerprint density at radius 1 is 0.541 bits per heavy atom. The summed E-state index contributed by atoms with van der Waals surface area (Å²) in [4.78, 5) is 56.6. The number of nitrogens with zero attached hydrogens (tertiary/aromatic N) is 12. The second-order valence-electron chi connectivity index (χ2n) is 22.9. The molecule has 5 aromatic carbocycles. The maximum Gasteiger partial charge on any atom is 0.269 e. The monoisotopic (exact) mass is 1390 g/mol. The molecule has 12 rings (SSSR count). The normalized spacial score (nSPS) is 18.1. The van der Waals surface area contributed by atoms with Gasteiger partial charge in [0.15, 0.2) is 0 Å². The Morgan fingerprint density at radius 3 is 1.23 bits per heavy atom. The summed E-state index contributed by atoms with van der Waals surface area (Å²) in [5, 5.41) is 70.0. The SMILES string of the molecule is C.C.C.C.CS(=O)(=O)OC1CCN(c2ccc([N+](=O)[O-])cc2)C1.Nc1ccc(N2CCC(NCCCn3ccnc3)C2)cc1.O=[N+]([O-])c1ccc(F)cc1.O=[N+]([O-])c1ccc(N2CCC(NCCCn3ccnc3)C2)cc1.O=[N+]([O-])c1ccc(N2CCC(O)C2)cc1.OC1CCNC1. The zero-order valence-corrected chi connectivity index (χ0v) is 53.2. The molecule has 5 unspecified atom stereocenters. The third-order valence-electron chi connectivity index (χ3n) is 15.8. The number of nitrogens with two attached hydrogens (primary N) is 1. The number of β-amino-alcohol motifs (C(OH)–C–C–N with tert-alkyl or cyclic N) is 2. The van der Waals surface area contributed by atoms with Crippen molar-refractivity contribution in [1.82, 2.24) is 35.1 Å². The molecule has 7 N–H and O–H groups in total. The number of aromatic nitrogens is 4. The van der Waals surface area contributed by atoms with E-state index in [9.17, 15) is 58.4 Å². The van der Waals surface area contributed by atoms with Gasteiger partial charge in [-0.2, -0.15) is 8.42 Å². The summed E-state index contributed by atoms with van der Waals surface area (Å²) in [6.07, 6.45) is 18.5. The summed E-state index contributed by atoms with van der Waals surface area (Å²) in [5.41, 5.74) is 10.8. The fraction of sp³-hybridized carbons (Fsp3) is 0.463. The molecule has 0 amide bonds. The number of non-ortho nitro benzene ring substituents is 4. The van der Waals surface area contributed by atoms with E-state index in [0.717, 1.165) is 157 Å². The summed E-state index contributed by atoms with van der Waals surface area (Å²) in [6.45, 7) is 12.5. The number of aryl methyl sites for hydroxylation is 2. The lowest BCUT2D eigenvalue weighted by Crippen LogP contribution is -2.33. The molecule has 31 heteroatoms. The zero-order valence-electron chi connectivity index (χ0n) is 52.4. The molecule has 29 nitrogen and oxygen atoms in total. The van der Waals surface area contributed by atoms with Gasteiger partial charge in [0.1, 0.15) is 5.82 Å². The number of aliphatic hydroxyl groups is 2. The second-order valence-corrected chi connectivity index (χ2v) is 24.5. The third-order valence-corrected chi connectivity index (χ3v) is 16.4. The second kappa shape index (κ2) is 42.4. The smallest absolute Gasteiger partial charge is 0.269 e. The highest BCUT2D eigenvalue weighted by Crippen LogP contribution is 2.27. The maximum atomic E-state index is 12.1. The summed E-state index contributed by atoms with van der Waals surface area (Å²) >= 11 is 0. The van der Waals surface area contributed by atoms with E-state index in [1.807, 2.05) is 65.3 Å². The predicted octanol–water partition coefficient (Wildman–Crippen LogP) is 9.71. The number of nitrogens with one attached hydrogen (secondary N) is 3. The van der Waals surface area contributed by atoms with Gasteiger partial charge in [0.05, 0.1) is 56.9 Å². The minimum Gasteiger partial charge on any atom is -0.399 e. The number of anilines is 5. The summed E-state index contributed by atoms with van der Waals surface area (Å²) in [7, 11) is -3.45. The number of benzene rings is 5. The predicted molar refractivity (Wildman–Crippen MR) is 384 cm³/mol. The fourth-order valence-corrected chi connectivity index (χ4v) is 11.5. The maximum absolute atomic E-state index is 12.1.